The Balaban J connectivity index is 0.00000272. The van der Waals surface area contributed by atoms with E-state index in [0.29, 0.717) is 12.1 Å². The van der Waals surface area contributed by atoms with E-state index in [0.717, 1.165) is 40.1 Å². The van der Waals surface area contributed by atoms with Gasteiger partial charge in [-0.1, -0.05) is 72.3 Å². The van der Waals surface area contributed by atoms with Gasteiger partial charge < -0.3 is 10.1 Å². The van der Waals surface area contributed by atoms with Crippen molar-refractivity contribution in [2.24, 2.45) is 0 Å². The summed E-state index contributed by atoms with van der Waals surface area (Å²) in [4.78, 5) is 0. The summed E-state index contributed by atoms with van der Waals surface area (Å²) in [5.41, 5.74) is 2.87. The number of benzene rings is 4. The maximum atomic E-state index is 14.0. The van der Waals surface area contributed by atoms with Gasteiger partial charge in [0, 0.05) is 22.7 Å². The van der Waals surface area contributed by atoms with Gasteiger partial charge in [-0.15, -0.1) is 12.4 Å². The van der Waals surface area contributed by atoms with Crippen LogP contribution in [0.3, 0.4) is 0 Å². The van der Waals surface area contributed by atoms with E-state index >= 15 is 0 Å². The monoisotopic (exact) mass is 455 g/mol. The average Bonchev–Trinajstić information content (AvgIpc) is 2.78. The van der Waals surface area contributed by atoms with Crippen molar-refractivity contribution >= 4 is 34.8 Å². The maximum Gasteiger partial charge on any atom is 0.129 e. The first-order valence-electron chi connectivity index (χ1n) is 10.0. The molecule has 0 heterocycles. The molecule has 4 aromatic carbocycles. The van der Waals surface area contributed by atoms with E-state index in [2.05, 4.69) is 17.4 Å². The molecular weight excluding hydrogens is 432 g/mol. The average molecular weight is 456 g/mol. The molecule has 2 nitrogen and oxygen atoms in total. The van der Waals surface area contributed by atoms with Crippen molar-refractivity contribution in [2.45, 2.75) is 19.6 Å². The highest BCUT2D eigenvalue weighted by Gasteiger charge is 2.10. The lowest BCUT2D eigenvalue weighted by Crippen LogP contribution is -2.17. The quantitative estimate of drug-likeness (QED) is 0.289. The minimum absolute atomic E-state index is 0. The summed E-state index contributed by atoms with van der Waals surface area (Å²) in [5.74, 6) is 0.525. The molecule has 0 aliphatic heterocycles. The number of hydrogen-bond donors (Lipinski definition) is 1. The highest BCUT2D eigenvalue weighted by Crippen LogP contribution is 2.29. The predicted molar refractivity (Wildman–Crippen MR) is 129 cm³/mol. The van der Waals surface area contributed by atoms with Crippen LogP contribution in [-0.2, 0) is 19.6 Å². The third kappa shape index (κ3) is 5.98. The lowest BCUT2D eigenvalue weighted by Gasteiger charge is -2.15. The van der Waals surface area contributed by atoms with Crippen molar-refractivity contribution < 1.29 is 9.13 Å². The van der Waals surface area contributed by atoms with Crippen LogP contribution in [0.5, 0.6) is 5.75 Å². The Labute approximate surface area is 193 Å². The molecule has 0 bridgehead atoms. The number of ether oxygens (including phenoxy) is 1. The molecule has 0 aromatic heterocycles. The van der Waals surface area contributed by atoms with E-state index in [9.17, 15) is 4.39 Å². The SMILES string of the molecule is Cl.Fc1ccccc1COc1ccc2ccccc2c1CNCCc1ccc(Cl)cc1. The summed E-state index contributed by atoms with van der Waals surface area (Å²) in [6.07, 6.45) is 0.910. The molecule has 0 atom stereocenters. The third-order valence-corrected chi connectivity index (χ3v) is 5.40. The molecule has 0 spiro atoms. The minimum Gasteiger partial charge on any atom is -0.488 e. The fraction of sp³-hybridized carbons (Fsp3) is 0.154. The van der Waals surface area contributed by atoms with Gasteiger partial charge in [-0.05, 0) is 53.6 Å². The first kappa shape index (κ1) is 23.1. The zero-order valence-corrected chi connectivity index (χ0v) is 18.6. The molecule has 0 amide bonds. The van der Waals surface area contributed by atoms with Crippen LogP contribution in [-0.4, -0.2) is 6.54 Å². The van der Waals surface area contributed by atoms with Crippen LogP contribution in [0, 0.1) is 5.82 Å². The first-order valence-corrected chi connectivity index (χ1v) is 10.4. The molecular formula is C26H24Cl2FNO. The molecule has 0 fully saturated rings. The Hall–Kier alpha value is -2.59. The Morgan fingerprint density at radius 3 is 2.39 bits per heavy atom. The Morgan fingerprint density at radius 1 is 0.839 bits per heavy atom. The van der Waals surface area contributed by atoms with E-state index < -0.39 is 0 Å². The molecule has 5 heteroatoms. The van der Waals surface area contributed by atoms with E-state index in [1.165, 1.54) is 11.6 Å². The van der Waals surface area contributed by atoms with Gasteiger partial charge in [0.2, 0.25) is 0 Å². The van der Waals surface area contributed by atoms with Crippen LogP contribution in [0.2, 0.25) is 5.02 Å². The van der Waals surface area contributed by atoms with Gasteiger partial charge in [0.1, 0.15) is 18.2 Å². The van der Waals surface area contributed by atoms with E-state index in [-0.39, 0.29) is 24.8 Å². The molecule has 0 unspecified atom stereocenters. The fourth-order valence-corrected chi connectivity index (χ4v) is 3.63. The topological polar surface area (TPSA) is 21.3 Å². The standard InChI is InChI=1S/C26H23ClFNO.ClH/c27-22-12-9-19(10-13-22)15-16-29-17-24-23-7-3-1-5-20(23)11-14-26(24)30-18-21-6-2-4-8-25(21)28;/h1-14,29H,15-18H2;1H. The summed E-state index contributed by atoms with van der Waals surface area (Å²) in [6, 6.07) is 26.9. The number of rotatable bonds is 8. The van der Waals surface area contributed by atoms with Gasteiger partial charge in [0.25, 0.3) is 0 Å². The number of fused-ring (bicyclic) bond motifs is 1. The minimum atomic E-state index is -0.249. The van der Waals surface area contributed by atoms with Crippen LogP contribution in [0.4, 0.5) is 4.39 Å². The Kier molecular flexibility index (Phi) is 8.30. The second-order valence-corrected chi connectivity index (χ2v) is 7.63. The van der Waals surface area contributed by atoms with E-state index in [1.54, 1.807) is 12.1 Å². The first-order chi connectivity index (χ1) is 14.7. The molecule has 0 saturated carbocycles. The van der Waals surface area contributed by atoms with Crippen molar-refractivity contribution in [2.75, 3.05) is 6.54 Å². The van der Waals surface area contributed by atoms with Crippen molar-refractivity contribution in [1.82, 2.24) is 5.32 Å². The second kappa shape index (κ2) is 11.1. The van der Waals surface area contributed by atoms with Gasteiger partial charge in [0.05, 0.1) is 0 Å². The lowest BCUT2D eigenvalue weighted by atomic mass is 10.0. The van der Waals surface area contributed by atoms with Crippen LogP contribution >= 0.6 is 24.0 Å². The van der Waals surface area contributed by atoms with Crippen molar-refractivity contribution in [3.8, 4) is 5.75 Å². The summed E-state index contributed by atoms with van der Waals surface area (Å²) in [7, 11) is 0. The number of nitrogens with one attached hydrogen (secondary N) is 1. The van der Waals surface area contributed by atoms with Gasteiger partial charge >= 0.3 is 0 Å². The Morgan fingerprint density at radius 2 is 1.58 bits per heavy atom. The smallest absolute Gasteiger partial charge is 0.129 e. The summed E-state index contributed by atoms with van der Waals surface area (Å²) in [6.45, 7) is 1.70. The predicted octanol–water partition coefficient (Wildman–Crippen LogP) is 6.97. The summed E-state index contributed by atoms with van der Waals surface area (Å²) >= 11 is 5.96. The summed E-state index contributed by atoms with van der Waals surface area (Å²) in [5, 5.41) is 6.57. The van der Waals surface area contributed by atoms with Crippen LogP contribution < -0.4 is 10.1 Å². The molecule has 0 aliphatic rings. The molecule has 1 N–H and O–H groups in total. The molecule has 0 radical (unpaired) electrons. The molecule has 4 rings (SSSR count). The van der Waals surface area contributed by atoms with E-state index in [1.807, 2.05) is 54.6 Å². The lowest BCUT2D eigenvalue weighted by molar-refractivity contribution is 0.296. The zero-order valence-electron chi connectivity index (χ0n) is 17.0. The van der Waals surface area contributed by atoms with Gasteiger partial charge in [0.15, 0.2) is 0 Å². The van der Waals surface area contributed by atoms with E-state index in [4.69, 9.17) is 16.3 Å². The Bertz CT molecular complexity index is 1130. The van der Waals surface area contributed by atoms with Crippen molar-refractivity contribution in [1.29, 1.82) is 0 Å². The van der Waals surface area contributed by atoms with Gasteiger partial charge in [-0.3, -0.25) is 0 Å². The number of hydrogen-bond acceptors (Lipinski definition) is 2. The molecule has 0 saturated heterocycles. The van der Waals surface area contributed by atoms with Crippen LogP contribution in [0.25, 0.3) is 10.8 Å². The van der Waals surface area contributed by atoms with Gasteiger partial charge in [-0.2, -0.15) is 0 Å². The largest absolute Gasteiger partial charge is 0.488 e. The molecule has 160 valence electrons. The van der Waals surface area contributed by atoms with Gasteiger partial charge in [-0.25, -0.2) is 4.39 Å². The van der Waals surface area contributed by atoms with Crippen LogP contribution in [0.1, 0.15) is 16.7 Å². The van der Waals surface area contributed by atoms with Crippen molar-refractivity contribution in [3.05, 3.63) is 112 Å². The highest BCUT2D eigenvalue weighted by atomic mass is 35.5. The molecule has 4 aromatic rings. The second-order valence-electron chi connectivity index (χ2n) is 7.20. The third-order valence-electron chi connectivity index (χ3n) is 5.14. The van der Waals surface area contributed by atoms with Crippen LogP contribution in [0.15, 0.2) is 84.9 Å². The maximum absolute atomic E-state index is 14.0. The molecule has 31 heavy (non-hydrogen) atoms. The zero-order chi connectivity index (χ0) is 20.8. The highest BCUT2D eigenvalue weighted by molar-refractivity contribution is 6.30. The molecule has 0 aliphatic carbocycles. The number of halogens is 3. The normalized spacial score (nSPS) is 10.6. The van der Waals surface area contributed by atoms with Crippen molar-refractivity contribution in [3.63, 3.8) is 0 Å². The fourth-order valence-electron chi connectivity index (χ4n) is 3.50. The summed E-state index contributed by atoms with van der Waals surface area (Å²) < 4.78 is 20.0.